The summed E-state index contributed by atoms with van der Waals surface area (Å²) in [5, 5.41) is 22.8. The Kier molecular flexibility index (Phi) is 9.77. The number of hydrogen-bond donors (Lipinski definition) is 3. The Morgan fingerprint density at radius 1 is 0.909 bits per heavy atom. The molecule has 0 aliphatic heterocycles. The molecule has 0 fully saturated rings. The number of aliphatic hydroxyl groups excluding tert-OH is 2. The number of aliphatic hydroxyl groups is 2. The second-order valence-electron chi connectivity index (χ2n) is 7.52. The minimum atomic E-state index is -0.340. The van der Waals surface area contributed by atoms with E-state index < -0.39 is 0 Å². The Labute approximate surface area is 205 Å². The molecule has 0 amide bonds. The number of fused-ring (bicyclic) bond motifs is 1. The van der Waals surface area contributed by atoms with E-state index in [9.17, 15) is 9.50 Å². The molecular weight excluding hydrogens is 462 g/mol. The molecule has 3 aromatic carbocycles. The second-order valence-corrected chi connectivity index (χ2v) is 7.52. The molecule has 1 heterocycles. The van der Waals surface area contributed by atoms with E-state index in [0.717, 1.165) is 33.5 Å². The van der Waals surface area contributed by atoms with E-state index in [0.29, 0.717) is 29.6 Å². The van der Waals surface area contributed by atoms with Crippen molar-refractivity contribution < 1.29 is 14.6 Å². The summed E-state index contributed by atoms with van der Waals surface area (Å²) in [5.74, 6) is -0.340. The standard InChI is InChI=1S/C26H25FN2O2.2ClH/c1-17-24(16-31)23-14-21(27)10-11-25(23)29-26(17)19-8-6-18(7-9-19)22-5-3-2-4-20(22)15-28-12-13-30;;/h2-11,14,28,30-31H,12-13,15-16H2,1H3;2*1H. The van der Waals surface area contributed by atoms with Gasteiger partial charge in [0.1, 0.15) is 5.82 Å². The highest BCUT2D eigenvalue weighted by Gasteiger charge is 2.14. The monoisotopic (exact) mass is 488 g/mol. The van der Waals surface area contributed by atoms with Crippen molar-refractivity contribution in [3.05, 3.63) is 89.2 Å². The lowest BCUT2D eigenvalue weighted by atomic mass is 9.95. The topological polar surface area (TPSA) is 65.4 Å². The summed E-state index contributed by atoms with van der Waals surface area (Å²) >= 11 is 0. The molecule has 0 unspecified atom stereocenters. The van der Waals surface area contributed by atoms with Crippen LogP contribution in [0.15, 0.2) is 66.7 Å². The number of nitrogens with one attached hydrogen (secondary N) is 1. The SMILES string of the molecule is Cc1c(-c2ccc(-c3ccccc3CNCCO)cc2)nc2ccc(F)cc2c1CO.Cl.Cl. The van der Waals surface area contributed by atoms with Crippen LogP contribution in [-0.4, -0.2) is 28.3 Å². The quantitative estimate of drug-likeness (QED) is 0.303. The van der Waals surface area contributed by atoms with Gasteiger partial charge in [0.2, 0.25) is 0 Å². The van der Waals surface area contributed by atoms with Crippen molar-refractivity contribution in [3.63, 3.8) is 0 Å². The molecular formula is C26H27Cl2FN2O2. The Bertz CT molecular complexity index is 1220. The van der Waals surface area contributed by atoms with Gasteiger partial charge < -0.3 is 15.5 Å². The fourth-order valence-corrected chi connectivity index (χ4v) is 3.95. The third-order valence-electron chi connectivity index (χ3n) is 5.57. The van der Waals surface area contributed by atoms with Crippen LogP contribution in [-0.2, 0) is 13.2 Å². The first-order valence-corrected chi connectivity index (χ1v) is 10.3. The number of nitrogens with zero attached hydrogens (tertiary/aromatic N) is 1. The summed E-state index contributed by atoms with van der Waals surface area (Å²) in [6, 6.07) is 20.8. The van der Waals surface area contributed by atoms with Crippen LogP contribution in [0, 0.1) is 12.7 Å². The van der Waals surface area contributed by atoms with Crippen molar-refractivity contribution in [2.75, 3.05) is 13.2 Å². The number of hydrogen-bond acceptors (Lipinski definition) is 4. The summed E-state index contributed by atoms with van der Waals surface area (Å²) in [7, 11) is 0. The van der Waals surface area contributed by atoms with Gasteiger partial charge in [-0.25, -0.2) is 9.37 Å². The van der Waals surface area contributed by atoms with E-state index in [4.69, 9.17) is 10.1 Å². The first kappa shape index (κ1) is 26.7. The fraction of sp³-hybridized carbons (Fsp3) is 0.192. The van der Waals surface area contributed by atoms with Crippen molar-refractivity contribution in [2.24, 2.45) is 0 Å². The maximum absolute atomic E-state index is 13.7. The fourth-order valence-electron chi connectivity index (χ4n) is 3.95. The van der Waals surface area contributed by atoms with Crippen LogP contribution < -0.4 is 5.32 Å². The summed E-state index contributed by atoms with van der Waals surface area (Å²) in [5.41, 5.74) is 7.32. The average Bonchev–Trinajstić information content (AvgIpc) is 2.79. The largest absolute Gasteiger partial charge is 0.395 e. The van der Waals surface area contributed by atoms with Gasteiger partial charge in [-0.15, -0.1) is 24.8 Å². The summed E-state index contributed by atoms with van der Waals surface area (Å²) in [4.78, 5) is 4.75. The number of halogens is 3. The van der Waals surface area contributed by atoms with E-state index >= 15 is 0 Å². The third kappa shape index (κ3) is 5.69. The van der Waals surface area contributed by atoms with Gasteiger partial charge in [-0.3, -0.25) is 0 Å². The molecule has 0 saturated carbocycles. The van der Waals surface area contributed by atoms with Crippen LogP contribution in [0.3, 0.4) is 0 Å². The normalized spacial score (nSPS) is 10.5. The number of aromatic nitrogens is 1. The molecule has 3 N–H and O–H groups in total. The Morgan fingerprint density at radius 2 is 1.61 bits per heavy atom. The van der Waals surface area contributed by atoms with E-state index in [1.807, 2.05) is 31.2 Å². The highest BCUT2D eigenvalue weighted by molar-refractivity contribution is 5.87. The second kappa shape index (κ2) is 12.1. The van der Waals surface area contributed by atoms with Crippen LogP contribution in [0.5, 0.6) is 0 Å². The molecule has 7 heteroatoms. The number of rotatable bonds is 7. The predicted octanol–water partition coefficient (Wildman–Crippen LogP) is 5.43. The van der Waals surface area contributed by atoms with Crippen LogP contribution in [0.1, 0.15) is 16.7 Å². The minimum Gasteiger partial charge on any atom is -0.395 e. The lowest BCUT2D eigenvalue weighted by molar-refractivity contribution is 0.282. The molecule has 0 atom stereocenters. The van der Waals surface area contributed by atoms with Crippen molar-refractivity contribution >= 4 is 35.7 Å². The first-order valence-electron chi connectivity index (χ1n) is 10.3. The third-order valence-corrected chi connectivity index (χ3v) is 5.57. The minimum absolute atomic E-state index is 0. The molecule has 0 bridgehead atoms. The van der Waals surface area contributed by atoms with Crippen molar-refractivity contribution in [3.8, 4) is 22.4 Å². The summed E-state index contributed by atoms with van der Waals surface area (Å²) < 4.78 is 13.7. The zero-order chi connectivity index (χ0) is 21.8. The van der Waals surface area contributed by atoms with Crippen molar-refractivity contribution in [1.29, 1.82) is 0 Å². The molecule has 174 valence electrons. The van der Waals surface area contributed by atoms with Gasteiger partial charge in [0.05, 0.1) is 24.4 Å². The number of pyridine rings is 1. The molecule has 0 saturated heterocycles. The van der Waals surface area contributed by atoms with E-state index in [1.54, 1.807) is 6.07 Å². The number of benzene rings is 3. The van der Waals surface area contributed by atoms with E-state index in [2.05, 4.69) is 29.6 Å². The highest BCUT2D eigenvalue weighted by Crippen LogP contribution is 2.32. The van der Waals surface area contributed by atoms with Gasteiger partial charge in [0, 0.05) is 24.0 Å². The summed E-state index contributed by atoms with van der Waals surface area (Å²) in [6.07, 6.45) is 0. The highest BCUT2D eigenvalue weighted by atomic mass is 35.5. The van der Waals surface area contributed by atoms with Gasteiger partial charge in [0.25, 0.3) is 0 Å². The molecule has 33 heavy (non-hydrogen) atoms. The molecule has 1 aromatic heterocycles. The van der Waals surface area contributed by atoms with E-state index in [-0.39, 0.29) is 43.8 Å². The maximum Gasteiger partial charge on any atom is 0.123 e. The van der Waals surface area contributed by atoms with Gasteiger partial charge in [0.15, 0.2) is 0 Å². The molecule has 0 aliphatic carbocycles. The zero-order valence-electron chi connectivity index (χ0n) is 18.2. The lowest BCUT2D eigenvalue weighted by Gasteiger charge is -2.14. The molecule has 4 rings (SSSR count). The molecule has 0 radical (unpaired) electrons. The van der Waals surface area contributed by atoms with Crippen molar-refractivity contribution in [2.45, 2.75) is 20.1 Å². The Hall–Kier alpha value is -2.54. The Morgan fingerprint density at radius 3 is 2.30 bits per heavy atom. The molecule has 0 spiro atoms. The van der Waals surface area contributed by atoms with Gasteiger partial charge in [-0.05, 0) is 52.9 Å². The molecule has 4 aromatic rings. The zero-order valence-corrected chi connectivity index (χ0v) is 19.8. The first-order chi connectivity index (χ1) is 15.1. The lowest BCUT2D eigenvalue weighted by Crippen LogP contribution is -2.17. The van der Waals surface area contributed by atoms with E-state index in [1.165, 1.54) is 12.1 Å². The molecule has 0 aliphatic rings. The van der Waals surface area contributed by atoms with Crippen LogP contribution >= 0.6 is 24.8 Å². The summed E-state index contributed by atoms with van der Waals surface area (Å²) in [6.45, 7) is 3.08. The van der Waals surface area contributed by atoms with Gasteiger partial charge >= 0.3 is 0 Å². The van der Waals surface area contributed by atoms with Crippen molar-refractivity contribution in [1.82, 2.24) is 10.3 Å². The van der Waals surface area contributed by atoms with Crippen LogP contribution in [0.25, 0.3) is 33.3 Å². The average molecular weight is 489 g/mol. The van der Waals surface area contributed by atoms with Gasteiger partial charge in [-0.2, -0.15) is 0 Å². The van der Waals surface area contributed by atoms with Crippen LogP contribution in [0.2, 0.25) is 0 Å². The Balaban J connectivity index is 0.00000193. The molecule has 4 nitrogen and oxygen atoms in total. The maximum atomic E-state index is 13.7. The smallest absolute Gasteiger partial charge is 0.123 e. The predicted molar refractivity (Wildman–Crippen MR) is 137 cm³/mol. The van der Waals surface area contributed by atoms with Crippen LogP contribution in [0.4, 0.5) is 4.39 Å². The van der Waals surface area contributed by atoms with Gasteiger partial charge in [-0.1, -0.05) is 48.5 Å².